The van der Waals surface area contributed by atoms with Crippen LogP contribution in [0.15, 0.2) is 23.8 Å². The van der Waals surface area contributed by atoms with Gasteiger partial charge in [0, 0.05) is 0 Å². The van der Waals surface area contributed by atoms with Crippen molar-refractivity contribution in [3.05, 3.63) is 23.8 Å². The molecule has 8 unspecified atom stereocenters. The van der Waals surface area contributed by atoms with Crippen LogP contribution in [0.5, 0.6) is 0 Å². The molecule has 0 bridgehead atoms. The summed E-state index contributed by atoms with van der Waals surface area (Å²) < 4.78 is 0. The zero-order chi connectivity index (χ0) is 19.1. The van der Waals surface area contributed by atoms with E-state index < -0.39 is 0 Å². The summed E-state index contributed by atoms with van der Waals surface area (Å²) in [5.41, 5.74) is 14.3. The molecule has 156 valence electrons. The van der Waals surface area contributed by atoms with Gasteiger partial charge < -0.3 is 11.5 Å². The Kier molecular flexibility index (Phi) is 5.47. The van der Waals surface area contributed by atoms with Crippen LogP contribution in [0.2, 0.25) is 0 Å². The lowest BCUT2D eigenvalue weighted by molar-refractivity contribution is 0.192. The highest BCUT2D eigenvalue weighted by Crippen LogP contribution is 2.85. The van der Waals surface area contributed by atoms with Gasteiger partial charge in [-0.25, -0.2) is 0 Å². The minimum atomic E-state index is 0.779. The molecule has 2 nitrogen and oxygen atoms in total. The summed E-state index contributed by atoms with van der Waals surface area (Å²) in [4.78, 5) is 0. The van der Waals surface area contributed by atoms with Gasteiger partial charge in [0.2, 0.25) is 0 Å². The van der Waals surface area contributed by atoms with E-state index in [2.05, 4.69) is 18.2 Å². The van der Waals surface area contributed by atoms with Gasteiger partial charge in [-0.2, -0.15) is 0 Å². The van der Waals surface area contributed by atoms with Crippen molar-refractivity contribution in [3.63, 3.8) is 0 Å². The molecule has 3 fully saturated rings. The first-order valence-corrected chi connectivity index (χ1v) is 12.6. The number of nitrogens with two attached hydrogens (primary N) is 2. The molecule has 3 saturated carbocycles. The van der Waals surface area contributed by atoms with Gasteiger partial charge in [-0.3, -0.25) is 0 Å². The Morgan fingerprint density at radius 3 is 2.50 bits per heavy atom. The quantitative estimate of drug-likeness (QED) is 0.391. The minimum absolute atomic E-state index is 0.779. The van der Waals surface area contributed by atoms with Crippen molar-refractivity contribution in [1.29, 1.82) is 0 Å². The molecular formula is C26H42N2. The molecule has 5 aliphatic rings. The van der Waals surface area contributed by atoms with Gasteiger partial charge in [-0.05, 0) is 105 Å². The van der Waals surface area contributed by atoms with E-state index in [-0.39, 0.29) is 0 Å². The van der Waals surface area contributed by atoms with Crippen molar-refractivity contribution in [1.82, 2.24) is 0 Å². The molecule has 0 amide bonds. The number of allylic oxidation sites excluding steroid dienone is 4. The van der Waals surface area contributed by atoms with Crippen LogP contribution < -0.4 is 11.5 Å². The van der Waals surface area contributed by atoms with Crippen molar-refractivity contribution < 1.29 is 0 Å². The Bertz CT molecular complexity index is 622. The zero-order valence-electron chi connectivity index (χ0n) is 17.8. The van der Waals surface area contributed by atoms with Crippen molar-refractivity contribution in [2.45, 2.75) is 77.0 Å². The zero-order valence-corrected chi connectivity index (χ0v) is 17.8. The highest BCUT2D eigenvalue weighted by atomic mass is 14.8. The fraction of sp³-hybridized carbons (Fsp3) is 0.846. The van der Waals surface area contributed by atoms with Crippen molar-refractivity contribution >= 4 is 0 Å². The maximum Gasteiger partial charge on any atom is -0.00141 e. The second-order valence-corrected chi connectivity index (χ2v) is 11.0. The number of fused-ring (bicyclic) bond motifs is 1. The van der Waals surface area contributed by atoms with Crippen LogP contribution in [0.4, 0.5) is 0 Å². The first-order valence-electron chi connectivity index (χ1n) is 12.6. The molecule has 28 heavy (non-hydrogen) atoms. The second kappa shape index (κ2) is 7.91. The summed E-state index contributed by atoms with van der Waals surface area (Å²) in [7, 11) is 0. The number of hydrogen-bond acceptors (Lipinski definition) is 2. The summed E-state index contributed by atoms with van der Waals surface area (Å²) in [6, 6.07) is 0. The predicted molar refractivity (Wildman–Crippen MR) is 118 cm³/mol. The molecule has 2 heteroatoms. The van der Waals surface area contributed by atoms with E-state index in [4.69, 9.17) is 11.5 Å². The van der Waals surface area contributed by atoms with E-state index >= 15 is 0 Å². The largest absolute Gasteiger partial charge is 0.330 e. The van der Waals surface area contributed by atoms with Gasteiger partial charge in [0.05, 0.1) is 0 Å². The lowest BCUT2D eigenvalue weighted by Gasteiger charge is -2.33. The molecule has 0 spiro atoms. The molecule has 4 N–H and O–H groups in total. The third-order valence-electron chi connectivity index (χ3n) is 9.40. The van der Waals surface area contributed by atoms with E-state index in [0.29, 0.717) is 0 Å². The summed E-state index contributed by atoms with van der Waals surface area (Å²) in [5.74, 6) is 6.44. The van der Waals surface area contributed by atoms with Gasteiger partial charge in [0.15, 0.2) is 0 Å². The molecule has 0 aromatic heterocycles. The van der Waals surface area contributed by atoms with Gasteiger partial charge >= 0.3 is 0 Å². The lowest BCUT2D eigenvalue weighted by atomic mass is 9.73. The topological polar surface area (TPSA) is 52.0 Å². The smallest absolute Gasteiger partial charge is 0.00141 e. The average molecular weight is 383 g/mol. The van der Waals surface area contributed by atoms with Crippen LogP contribution in [0.3, 0.4) is 0 Å². The highest BCUT2D eigenvalue weighted by Gasteiger charge is 2.79. The summed E-state index contributed by atoms with van der Waals surface area (Å²) in [6.07, 6.45) is 24.8. The molecule has 0 saturated heterocycles. The van der Waals surface area contributed by atoms with Crippen LogP contribution in [-0.2, 0) is 0 Å². The van der Waals surface area contributed by atoms with E-state index in [0.717, 1.165) is 59.9 Å². The van der Waals surface area contributed by atoms with Gasteiger partial charge in [0.1, 0.15) is 0 Å². The lowest BCUT2D eigenvalue weighted by Crippen LogP contribution is -2.28. The maximum atomic E-state index is 6.11. The molecule has 0 aliphatic heterocycles. The maximum absolute atomic E-state index is 6.11. The normalized spacial score (nSPS) is 46.1. The van der Waals surface area contributed by atoms with E-state index in [9.17, 15) is 0 Å². The molecule has 0 aromatic carbocycles. The van der Waals surface area contributed by atoms with Gasteiger partial charge in [-0.15, -0.1) is 0 Å². The summed E-state index contributed by atoms with van der Waals surface area (Å²) in [6.45, 7) is 1.79. The molecule has 0 radical (unpaired) electrons. The van der Waals surface area contributed by atoms with E-state index in [1.54, 1.807) is 12.0 Å². The van der Waals surface area contributed by atoms with Crippen LogP contribution in [-0.4, -0.2) is 13.1 Å². The number of hydrogen-bond donors (Lipinski definition) is 2. The van der Waals surface area contributed by atoms with Crippen molar-refractivity contribution in [3.8, 4) is 0 Å². The molecule has 5 aliphatic carbocycles. The van der Waals surface area contributed by atoms with E-state index in [1.807, 2.05) is 0 Å². The Labute approximate surface area is 172 Å². The fourth-order valence-electron chi connectivity index (χ4n) is 7.45. The monoisotopic (exact) mass is 382 g/mol. The minimum Gasteiger partial charge on any atom is -0.330 e. The Hall–Kier alpha value is -0.600. The molecule has 5 rings (SSSR count). The van der Waals surface area contributed by atoms with Crippen molar-refractivity contribution in [2.75, 3.05) is 13.1 Å². The summed E-state index contributed by atoms with van der Waals surface area (Å²) >= 11 is 0. The first-order chi connectivity index (χ1) is 13.8. The van der Waals surface area contributed by atoms with Crippen LogP contribution >= 0.6 is 0 Å². The van der Waals surface area contributed by atoms with Crippen LogP contribution in [0, 0.1) is 46.8 Å². The van der Waals surface area contributed by atoms with Gasteiger partial charge in [0.25, 0.3) is 0 Å². The van der Waals surface area contributed by atoms with E-state index in [1.165, 1.54) is 70.6 Å². The third-order valence-corrected chi connectivity index (χ3v) is 9.40. The highest BCUT2D eigenvalue weighted by molar-refractivity contribution is 5.36. The van der Waals surface area contributed by atoms with Gasteiger partial charge in [-0.1, -0.05) is 55.9 Å². The molecule has 0 aromatic rings. The van der Waals surface area contributed by atoms with Crippen LogP contribution in [0.25, 0.3) is 0 Å². The first kappa shape index (κ1) is 19.4. The SMILES string of the molecule is NCCCCCC1C=C1C1C=CC(C2C3CC32CC2CCCCC2CN)CC1. The Morgan fingerprint density at radius 2 is 1.79 bits per heavy atom. The molecule has 8 atom stereocenters. The third kappa shape index (κ3) is 3.65. The Balaban J connectivity index is 1.08. The second-order valence-electron chi connectivity index (χ2n) is 11.0. The average Bonchev–Trinajstić information content (AvgIpc) is 3.64. The molecular weight excluding hydrogens is 340 g/mol. The number of unbranched alkanes of at least 4 members (excludes halogenated alkanes) is 2. The standard InChI is InChI=1S/C26H42N2/c27-13-5-1-2-6-20-14-23(20)18-9-11-19(12-10-18)25-24-16-26(24,25)15-21-7-3-4-8-22(21)17-28/h9,11,14,18-22,24-25H,1-8,10,12-13,15-17,27-28H2. The molecule has 0 heterocycles. The summed E-state index contributed by atoms with van der Waals surface area (Å²) in [5, 5.41) is 0. The Morgan fingerprint density at radius 1 is 0.929 bits per heavy atom. The van der Waals surface area contributed by atoms with Crippen LogP contribution in [0.1, 0.15) is 77.0 Å². The van der Waals surface area contributed by atoms with Crippen molar-refractivity contribution in [2.24, 2.45) is 58.3 Å². The predicted octanol–water partition coefficient (Wildman–Crippen LogP) is 5.44. The fourth-order valence-corrected chi connectivity index (χ4v) is 7.45. The number of rotatable bonds is 10.